The van der Waals surface area contributed by atoms with Crippen molar-refractivity contribution in [3.05, 3.63) is 23.9 Å². The number of nitrogens with two attached hydrogens (primary N) is 1. The third kappa shape index (κ3) is 2.10. The van der Waals surface area contributed by atoms with Crippen molar-refractivity contribution < 1.29 is 9.90 Å². The van der Waals surface area contributed by atoms with E-state index in [2.05, 4.69) is 0 Å². The number of hydrogen-bond acceptors (Lipinski definition) is 3. The summed E-state index contributed by atoms with van der Waals surface area (Å²) in [6.45, 7) is 1.10. The topological polar surface area (TPSA) is 66.6 Å². The largest absolute Gasteiger partial charge is 0.395 e. The number of rotatable bonds is 3. The Morgan fingerprint density at radius 3 is 3.08 bits per heavy atom. The highest BCUT2D eigenvalue weighted by Gasteiger charge is 2.10. The molecule has 0 fully saturated rings. The fourth-order valence-electron chi connectivity index (χ4n) is 1.05. The van der Waals surface area contributed by atoms with Crippen molar-refractivity contribution in [3.63, 3.8) is 0 Å². The summed E-state index contributed by atoms with van der Waals surface area (Å²) in [7, 11) is 0. The second-order valence-electron chi connectivity index (χ2n) is 2.59. The lowest BCUT2D eigenvalue weighted by Crippen LogP contribution is -2.30. The average Bonchev–Trinajstić information content (AvgIpc) is 2.05. The van der Waals surface area contributed by atoms with Gasteiger partial charge in [0.15, 0.2) is 0 Å². The number of allylic oxidation sites excluding steroid dienone is 2. The number of β-amino-alcohol motifs (C(OH)–C–C–N with tert-alkyl or cyclic N) is 1. The highest BCUT2D eigenvalue weighted by molar-refractivity contribution is 5.92. The van der Waals surface area contributed by atoms with Crippen LogP contribution >= 0.6 is 0 Å². The van der Waals surface area contributed by atoms with E-state index in [1.54, 1.807) is 12.2 Å². The second kappa shape index (κ2) is 3.92. The summed E-state index contributed by atoms with van der Waals surface area (Å²) in [5.74, 6) is -0.401. The first-order valence-electron chi connectivity index (χ1n) is 3.76. The summed E-state index contributed by atoms with van der Waals surface area (Å²) >= 11 is 0. The quantitative estimate of drug-likeness (QED) is 0.581. The first kappa shape index (κ1) is 8.80. The fourth-order valence-corrected chi connectivity index (χ4v) is 1.05. The highest BCUT2D eigenvalue weighted by atomic mass is 16.3. The van der Waals surface area contributed by atoms with Crippen molar-refractivity contribution >= 4 is 5.91 Å². The van der Waals surface area contributed by atoms with Crippen molar-refractivity contribution in [3.8, 4) is 0 Å². The maximum atomic E-state index is 10.7. The second-order valence-corrected chi connectivity index (χ2v) is 2.59. The van der Waals surface area contributed by atoms with Crippen LogP contribution in [0.5, 0.6) is 0 Å². The van der Waals surface area contributed by atoms with E-state index in [9.17, 15) is 4.79 Å². The summed E-state index contributed by atoms with van der Waals surface area (Å²) < 4.78 is 0. The summed E-state index contributed by atoms with van der Waals surface area (Å²) in [6.07, 6.45) is 5.26. The molecule has 66 valence electrons. The number of nitrogens with zero attached hydrogens (tertiary/aromatic N) is 1. The van der Waals surface area contributed by atoms with Gasteiger partial charge >= 0.3 is 0 Å². The molecule has 0 bridgehead atoms. The first-order chi connectivity index (χ1) is 5.74. The standard InChI is InChI=1S/C8H12N2O2/c9-8(12)7-2-1-3-10(6-7)4-5-11/h1-3,11H,4-6H2,(H2,9,12). The fraction of sp³-hybridized carbons (Fsp3) is 0.375. The van der Waals surface area contributed by atoms with Gasteiger partial charge in [-0.2, -0.15) is 0 Å². The van der Waals surface area contributed by atoms with Crippen molar-refractivity contribution in [2.24, 2.45) is 5.73 Å². The Morgan fingerprint density at radius 2 is 2.50 bits per heavy atom. The molecule has 1 rings (SSSR count). The zero-order valence-electron chi connectivity index (χ0n) is 6.73. The number of amides is 1. The van der Waals surface area contributed by atoms with Gasteiger partial charge in [0.05, 0.1) is 6.61 Å². The van der Waals surface area contributed by atoms with Crippen molar-refractivity contribution in [1.29, 1.82) is 0 Å². The third-order valence-electron chi connectivity index (χ3n) is 1.67. The van der Waals surface area contributed by atoms with Gasteiger partial charge in [0.25, 0.3) is 0 Å². The molecule has 0 aliphatic carbocycles. The van der Waals surface area contributed by atoms with Gasteiger partial charge in [-0.25, -0.2) is 0 Å². The van der Waals surface area contributed by atoms with Gasteiger partial charge in [0.2, 0.25) is 5.91 Å². The molecule has 1 aliphatic heterocycles. The number of carbonyl (C=O) groups is 1. The molecule has 0 aromatic heterocycles. The number of aliphatic hydroxyl groups excluding tert-OH is 1. The molecule has 1 amide bonds. The van der Waals surface area contributed by atoms with E-state index in [0.717, 1.165) is 0 Å². The Bertz CT molecular complexity index is 233. The van der Waals surface area contributed by atoms with Crippen LogP contribution in [0.4, 0.5) is 0 Å². The SMILES string of the molecule is NC(=O)C1=CC=CN(CCO)C1. The third-order valence-corrected chi connectivity index (χ3v) is 1.67. The smallest absolute Gasteiger partial charge is 0.246 e. The van der Waals surface area contributed by atoms with Gasteiger partial charge in [0, 0.05) is 18.7 Å². The monoisotopic (exact) mass is 168 g/mol. The summed E-state index contributed by atoms with van der Waals surface area (Å²) in [5.41, 5.74) is 5.67. The number of aliphatic hydroxyl groups is 1. The molecule has 0 aromatic carbocycles. The lowest BCUT2D eigenvalue weighted by molar-refractivity contribution is -0.114. The molecule has 0 unspecified atom stereocenters. The molecule has 1 heterocycles. The molecule has 0 aromatic rings. The molecule has 1 aliphatic rings. The minimum atomic E-state index is -0.401. The Morgan fingerprint density at radius 1 is 1.75 bits per heavy atom. The van der Waals surface area contributed by atoms with E-state index >= 15 is 0 Å². The van der Waals surface area contributed by atoms with Crippen LogP contribution in [0.3, 0.4) is 0 Å². The zero-order chi connectivity index (χ0) is 8.97. The Labute approximate surface area is 71.0 Å². The average molecular weight is 168 g/mol. The van der Waals surface area contributed by atoms with Crippen LogP contribution in [0.1, 0.15) is 0 Å². The van der Waals surface area contributed by atoms with Crippen LogP contribution in [0.2, 0.25) is 0 Å². The van der Waals surface area contributed by atoms with Crippen LogP contribution < -0.4 is 5.73 Å². The molecule has 0 atom stereocenters. The van der Waals surface area contributed by atoms with E-state index in [1.165, 1.54) is 0 Å². The van der Waals surface area contributed by atoms with Crippen LogP contribution in [-0.4, -0.2) is 35.6 Å². The van der Waals surface area contributed by atoms with Crippen molar-refractivity contribution in [1.82, 2.24) is 4.90 Å². The van der Waals surface area contributed by atoms with E-state index in [1.807, 2.05) is 11.1 Å². The maximum absolute atomic E-state index is 10.7. The lowest BCUT2D eigenvalue weighted by Gasteiger charge is -2.22. The van der Waals surface area contributed by atoms with Crippen LogP contribution in [0.25, 0.3) is 0 Å². The summed E-state index contributed by atoms with van der Waals surface area (Å²) in [5, 5.41) is 8.63. The lowest BCUT2D eigenvalue weighted by atomic mass is 10.2. The Balaban J connectivity index is 2.55. The first-order valence-corrected chi connectivity index (χ1v) is 3.76. The molecule has 0 radical (unpaired) electrons. The van der Waals surface area contributed by atoms with Gasteiger partial charge in [-0.15, -0.1) is 0 Å². The van der Waals surface area contributed by atoms with Crippen LogP contribution in [0, 0.1) is 0 Å². The number of primary amides is 1. The minimum absolute atomic E-state index is 0.0797. The van der Waals surface area contributed by atoms with Gasteiger partial charge in [-0.05, 0) is 12.3 Å². The molecule has 0 saturated heterocycles. The highest BCUT2D eigenvalue weighted by Crippen LogP contribution is 2.05. The maximum Gasteiger partial charge on any atom is 0.246 e. The van der Waals surface area contributed by atoms with Gasteiger partial charge in [-0.1, -0.05) is 6.08 Å². The van der Waals surface area contributed by atoms with Crippen LogP contribution in [-0.2, 0) is 4.79 Å². The molecule has 12 heavy (non-hydrogen) atoms. The number of carbonyl (C=O) groups excluding carboxylic acids is 1. The summed E-state index contributed by atoms with van der Waals surface area (Å²) in [6, 6.07) is 0. The molecule has 0 saturated carbocycles. The molecule has 4 nitrogen and oxygen atoms in total. The van der Waals surface area contributed by atoms with Gasteiger partial charge < -0.3 is 15.7 Å². The summed E-state index contributed by atoms with van der Waals surface area (Å²) in [4.78, 5) is 12.6. The minimum Gasteiger partial charge on any atom is -0.395 e. The van der Waals surface area contributed by atoms with E-state index in [-0.39, 0.29) is 6.61 Å². The normalized spacial score (nSPS) is 16.1. The van der Waals surface area contributed by atoms with Crippen molar-refractivity contribution in [2.45, 2.75) is 0 Å². The predicted octanol–water partition coefficient (Wildman–Crippen LogP) is -0.780. The predicted molar refractivity (Wildman–Crippen MR) is 45.1 cm³/mol. The Kier molecular flexibility index (Phi) is 2.88. The zero-order valence-corrected chi connectivity index (χ0v) is 6.73. The van der Waals surface area contributed by atoms with Crippen molar-refractivity contribution in [2.75, 3.05) is 19.7 Å². The molecular formula is C8H12N2O2. The number of hydrogen-bond donors (Lipinski definition) is 2. The van der Waals surface area contributed by atoms with Crippen LogP contribution in [0.15, 0.2) is 23.9 Å². The molecule has 0 spiro atoms. The molecule has 3 N–H and O–H groups in total. The van der Waals surface area contributed by atoms with E-state index in [0.29, 0.717) is 18.7 Å². The van der Waals surface area contributed by atoms with E-state index < -0.39 is 5.91 Å². The van der Waals surface area contributed by atoms with Gasteiger partial charge in [0.1, 0.15) is 0 Å². The van der Waals surface area contributed by atoms with Gasteiger partial charge in [-0.3, -0.25) is 4.79 Å². The molecular weight excluding hydrogens is 156 g/mol. The molecule has 4 heteroatoms. The Hall–Kier alpha value is -1.29. The van der Waals surface area contributed by atoms with E-state index in [4.69, 9.17) is 10.8 Å².